The molecule has 4 aromatic carbocycles. The molecule has 0 unspecified atom stereocenters. The van der Waals surface area contributed by atoms with Crippen molar-refractivity contribution in [3.63, 3.8) is 0 Å². The molecule has 1 fully saturated rings. The maximum Gasteiger partial charge on any atom is 0.0970 e. The van der Waals surface area contributed by atoms with Gasteiger partial charge in [-0.25, -0.2) is 9.97 Å². The Morgan fingerprint density at radius 3 is 1.16 bits per heavy atom. The van der Waals surface area contributed by atoms with E-state index in [1.54, 1.807) is 0 Å². The lowest BCUT2D eigenvalue weighted by atomic mass is 10.0. The zero-order valence-corrected chi connectivity index (χ0v) is 32.9. The molecule has 5 nitrogen and oxygen atoms in total. The minimum absolute atomic E-state index is 0.916. The lowest BCUT2D eigenvalue weighted by Gasteiger charge is -2.20. The van der Waals surface area contributed by atoms with Gasteiger partial charge in [0, 0.05) is 57.4 Å². The molecule has 57 heavy (non-hydrogen) atoms. The van der Waals surface area contributed by atoms with Crippen LogP contribution in [0.5, 0.6) is 0 Å². The number of nitrogens with one attached hydrogen (secondary N) is 2. The maximum absolute atomic E-state index is 5.72. The molecule has 7 aromatic rings. The van der Waals surface area contributed by atoms with E-state index in [9.17, 15) is 0 Å². The molecule has 3 aromatic heterocycles. The minimum Gasteiger partial charge on any atom is -0.370 e. The number of H-pyrrole nitrogens is 2. The van der Waals surface area contributed by atoms with Crippen LogP contribution < -0.4 is 0 Å². The zero-order chi connectivity index (χ0) is 38.6. The molecule has 6 heterocycles. The first-order chi connectivity index (χ1) is 27.9. The predicted molar refractivity (Wildman–Crippen MR) is 239 cm³/mol. The monoisotopic (exact) mass is 739 g/mol. The molecule has 2 N–H and O–H groups in total. The summed E-state index contributed by atoms with van der Waals surface area (Å²) < 4.78 is 0. The van der Waals surface area contributed by atoms with Crippen molar-refractivity contribution < 1.29 is 0 Å². The fourth-order valence-electron chi connectivity index (χ4n) is 8.56. The number of hydrogen-bond donors (Lipinski definition) is 2. The fraction of sp³-hybridized carbons (Fsp3) is 0.154. The summed E-state index contributed by atoms with van der Waals surface area (Å²) in [6.45, 7) is 10.6. The lowest BCUT2D eigenvalue weighted by Crippen LogP contribution is -2.17. The van der Waals surface area contributed by atoms with Crippen molar-refractivity contribution in [2.45, 2.75) is 40.5 Å². The number of hydrogen-bond acceptors (Lipinski definition) is 3. The highest BCUT2D eigenvalue weighted by Gasteiger charge is 2.27. The minimum atomic E-state index is 0.916. The number of benzene rings is 4. The highest BCUT2D eigenvalue weighted by Crippen LogP contribution is 2.42. The first-order valence-electron chi connectivity index (χ1n) is 20.1. The Hall–Kier alpha value is -6.72. The molecular formula is C52H45N5. The summed E-state index contributed by atoms with van der Waals surface area (Å²) in [4.78, 5) is 21.6. The molecule has 0 saturated carbocycles. The average Bonchev–Trinajstić information content (AvgIpc) is 4.08. The van der Waals surface area contributed by atoms with Crippen molar-refractivity contribution in [2.75, 3.05) is 13.1 Å². The Kier molecular flexibility index (Phi) is 8.59. The molecule has 0 radical (unpaired) electrons. The maximum atomic E-state index is 5.72. The number of fused-ring (bicyclic) bond motifs is 8. The molecular weight excluding hydrogens is 695 g/mol. The van der Waals surface area contributed by atoms with Gasteiger partial charge in [-0.05, 0) is 105 Å². The summed E-state index contributed by atoms with van der Waals surface area (Å²) in [7, 11) is 0. The molecule has 10 rings (SSSR count). The van der Waals surface area contributed by atoms with Crippen LogP contribution in [0.25, 0.3) is 90.5 Å². The van der Waals surface area contributed by atoms with E-state index in [0.717, 1.165) is 102 Å². The molecule has 0 aliphatic carbocycles. The van der Waals surface area contributed by atoms with Gasteiger partial charge in [0.25, 0.3) is 0 Å². The molecule has 278 valence electrons. The molecule has 1 saturated heterocycles. The summed E-state index contributed by atoms with van der Waals surface area (Å²) >= 11 is 0. The Morgan fingerprint density at radius 2 is 0.754 bits per heavy atom. The van der Waals surface area contributed by atoms with Crippen LogP contribution in [-0.4, -0.2) is 37.9 Å². The third-order valence-electron chi connectivity index (χ3n) is 11.7. The number of aromatic nitrogens is 4. The number of rotatable bonds is 5. The van der Waals surface area contributed by atoms with E-state index >= 15 is 0 Å². The van der Waals surface area contributed by atoms with Crippen LogP contribution in [0.2, 0.25) is 0 Å². The van der Waals surface area contributed by atoms with E-state index in [0.29, 0.717) is 0 Å². The first kappa shape index (κ1) is 34.7. The van der Waals surface area contributed by atoms with E-state index in [1.165, 1.54) is 40.8 Å². The van der Waals surface area contributed by atoms with Gasteiger partial charge in [-0.3, -0.25) is 0 Å². The van der Waals surface area contributed by atoms with Gasteiger partial charge in [-0.1, -0.05) is 119 Å². The third kappa shape index (κ3) is 6.39. The quantitative estimate of drug-likeness (QED) is 0.185. The lowest BCUT2D eigenvalue weighted by molar-refractivity contribution is 0.495. The molecule has 5 heteroatoms. The van der Waals surface area contributed by atoms with Gasteiger partial charge in [-0.2, -0.15) is 0 Å². The summed E-state index contributed by atoms with van der Waals surface area (Å²) in [5.41, 5.74) is 22.6. The molecule has 3 aliphatic rings. The second-order valence-electron chi connectivity index (χ2n) is 15.8. The van der Waals surface area contributed by atoms with Crippen molar-refractivity contribution in [2.24, 2.45) is 0 Å². The molecule has 0 spiro atoms. The van der Waals surface area contributed by atoms with E-state index in [-0.39, 0.29) is 0 Å². The van der Waals surface area contributed by atoms with Gasteiger partial charge < -0.3 is 14.9 Å². The van der Waals surface area contributed by atoms with E-state index in [4.69, 9.17) is 9.97 Å². The van der Waals surface area contributed by atoms with Crippen LogP contribution in [0.1, 0.15) is 57.9 Å². The van der Waals surface area contributed by atoms with Gasteiger partial charge in [-0.15, -0.1) is 0 Å². The Bertz CT molecular complexity index is 2900. The summed E-state index contributed by atoms with van der Waals surface area (Å²) in [6.07, 6.45) is 9.02. The first-order valence-corrected chi connectivity index (χ1v) is 20.1. The number of aryl methyl sites for hydroxylation is 4. The SMILES string of the molecule is Cc1ccc(-c2c3nc(c(-c4ccc(C)cc4)c4ccc([nH]4)c(-c4ccc(C)cc4)c4nc(c(-c5ccc(C)cc5)c5ccc2[nH]5)C=C4N2CCCC2)C=C3)cc1. The second kappa shape index (κ2) is 14.1. The Labute approximate surface area is 334 Å². The van der Waals surface area contributed by atoms with Crippen LogP contribution >= 0.6 is 0 Å². The highest BCUT2D eigenvalue weighted by atomic mass is 15.2. The Morgan fingerprint density at radius 1 is 0.404 bits per heavy atom. The normalized spacial score (nSPS) is 13.7. The largest absolute Gasteiger partial charge is 0.370 e. The smallest absolute Gasteiger partial charge is 0.0970 e. The predicted octanol–water partition coefficient (Wildman–Crippen LogP) is 13.0. The second-order valence-corrected chi connectivity index (χ2v) is 15.8. The topological polar surface area (TPSA) is 60.6 Å². The van der Waals surface area contributed by atoms with Crippen molar-refractivity contribution >= 4 is 46.0 Å². The van der Waals surface area contributed by atoms with Crippen molar-refractivity contribution in [1.82, 2.24) is 24.8 Å². The van der Waals surface area contributed by atoms with Crippen LogP contribution in [0, 0.1) is 27.7 Å². The Balaban J connectivity index is 1.41. The number of likely N-dealkylation sites (tertiary alicyclic amines) is 1. The van der Waals surface area contributed by atoms with Crippen LogP contribution in [0.3, 0.4) is 0 Å². The number of nitrogens with zero attached hydrogens (tertiary/aromatic N) is 3. The standard InChI is InChI=1S/C52H45N5/c1-32-7-15-36(16-8-32)48-40-23-24-41(53-40)49(37-17-9-33(2)10-18-37)43-27-28-45(55-43)51(39-21-13-35(4)14-22-39)52-47(57-29-5-6-30-57)31-46(56-52)50(44-26-25-42(48)54-44)38-19-11-34(3)12-20-38/h7-28,31,54-55H,5-6,29-30H2,1-4H3. The van der Waals surface area contributed by atoms with Gasteiger partial charge in [0.1, 0.15) is 0 Å². The van der Waals surface area contributed by atoms with E-state index < -0.39 is 0 Å². The third-order valence-corrected chi connectivity index (χ3v) is 11.7. The van der Waals surface area contributed by atoms with Crippen LogP contribution in [-0.2, 0) is 0 Å². The molecule has 0 atom stereocenters. The summed E-state index contributed by atoms with van der Waals surface area (Å²) in [5, 5.41) is 0. The van der Waals surface area contributed by atoms with Gasteiger partial charge in [0.05, 0.1) is 28.5 Å². The van der Waals surface area contributed by atoms with E-state index in [1.807, 2.05) is 0 Å². The van der Waals surface area contributed by atoms with E-state index in [2.05, 4.69) is 182 Å². The highest BCUT2D eigenvalue weighted by molar-refractivity contribution is 6.01. The fourth-order valence-corrected chi connectivity index (χ4v) is 8.56. The number of aromatic amines is 2. The summed E-state index contributed by atoms with van der Waals surface area (Å²) in [6, 6.07) is 44.2. The summed E-state index contributed by atoms with van der Waals surface area (Å²) in [5.74, 6) is 0. The van der Waals surface area contributed by atoms with Crippen molar-refractivity contribution in [1.29, 1.82) is 0 Å². The van der Waals surface area contributed by atoms with Gasteiger partial charge in [0.2, 0.25) is 0 Å². The van der Waals surface area contributed by atoms with Crippen molar-refractivity contribution in [3.8, 4) is 44.5 Å². The van der Waals surface area contributed by atoms with Crippen LogP contribution in [0.15, 0.2) is 121 Å². The van der Waals surface area contributed by atoms with Crippen LogP contribution in [0.4, 0.5) is 0 Å². The molecule has 8 bridgehead atoms. The average molecular weight is 740 g/mol. The van der Waals surface area contributed by atoms with Gasteiger partial charge in [0.15, 0.2) is 0 Å². The zero-order valence-electron chi connectivity index (χ0n) is 32.9. The molecule has 3 aliphatic heterocycles. The van der Waals surface area contributed by atoms with Crippen molar-refractivity contribution in [3.05, 3.63) is 166 Å². The molecule has 0 amide bonds. The van der Waals surface area contributed by atoms with Gasteiger partial charge >= 0.3 is 0 Å².